The summed E-state index contributed by atoms with van der Waals surface area (Å²) in [6, 6.07) is 9.54. The molecule has 0 aliphatic rings. The normalized spacial score (nSPS) is 10.5. The van der Waals surface area contributed by atoms with Crippen LogP contribution in [0.5, 0.6) is 11.5 Å². The van der Waals surface area contributed by atoms with Crippen molar-refractivity contribution in [2.24, 2.45) is 0 Å². The van der Waals surface area contributed by atoms with Crippen LogP contribution >= 0.6 is 0 Å². The molecule has 0 unspecified atom stereocenters. The lowest BCUT2D eigenvalue weighted by atomic mass is 10.2. The van der Waals surface area contributed by atoms with Gasteiger partial charge in [-0.15, -0.1) is 10.2 Å². The molecule has 0 spiro atoms. The lowest BCUT2D eigenvalue weighted by Crippen LogP contribution is -2.04. The first-order valence-corrected chi connectivity index (χ1v) is 6.82. The predicted molar refractivity (Wildman–Crippen MR) is 81.5 cm³/mol. The molecule has 6 heteroatoms. The number of methoxy groups -OCH3 is 2. The zero-order valence-corrected chi connectivity index (χ0v) is 12.4. The van der Waals surface area contributed by atoms with Crippen LogP contribution in [0, 0.1) is 0 Å². The van der Waals surface area contributed by atoms with Gasteiger partial charge in [0.15, 0.2) is 0 Å². The second-order valence-electron chi connectivity index (χ2n) is 4.69. The first-order valence-electron chi connectivity index (χ1n) is 6.82. The minimum Gasteiger partial charge on any atom is -0.497 e. The zero-order valence-electron chi connectivity index (χ0n) is 12.4. The molecule has 112 valence electrons. The van der Waals surface area contributed by atoms with E-state index in [1.54, 1.807) is 32.9 Å². The number of hydrogen-bond donors (Lipinski definition) is 0. The molecule has 6 nitrogen and oxygen atoms in total. The Labute approximate surface area is 128 Å². The molecule has 3 rings (SSSR count). The maximum absolute atomic E-state index is 5.43. The topological polar surface area (TPSA) is 62.1 Å². The van der Waals surface area contributed by atoms with Crippen molar-refractivity contribution in [3.63, 3.8) is 0 Å². The van der Waals surface area contributed by atoms with Crippen LogP contribution in [0.4, 0.5) is 0 Å². The van der Waals surface area contributed by atoms with Gasteiger partial charge < -0.3 is 9.47 Å². The van der Waals surface area contributed by atoms with Gasteiger partial charge in [0, 0.05) is 24.9 Å². The van der Waals surface area contributed by atoms with Crippen LogP contribution in [0.1, 0.15) is 11.4 Å². The molecular formula is C16H16N4O2. The summed E-state index contributed by atoms with van der Waals surface area (Å²) in [4.78, 5) is 4.03. The third kappa shape index (κ3) is 2.76. The quantitative estimate of drug-likeness (QED) is 0.723. The number of rotatable bonds is 5. The van der Waals surface area contributed by atoms with Crippen LogP contribution in [0.15, 0.2) is 49.1 Å². The van der Waals surface area contributed by atoms with E-state index in [1.165, 1.54) is 0 Å². The fourth-order valence-electron chi connectivity index (χ4n) is 2.25. The van der Waals surface area contributed by atoms with E-state index in [4.69, 9.17) is 9.47 Å². The van der Waals surface area contributed by atoms with E-state index in [2.05, 4.69) is 15.2 Å². The molecule has 0 N–H and O–H groups in total. The number of pyridine rings is 1. The summed E-state index contributed by atoms with van der Waals surface area (Å²) in [5.74, 6) is 2.30. The molecule has 0 bridgehead atoms. The van der Waals surface area contributed by atoms with Crippen LogP contribution in [0.25, 0.3) is 5.69 Å². The lowest BCUT2D eigenvalue weighted by molar-refractivity contribution is 0.401. The highest BCUT2D eigenvalue weighted by molar-refractivity contribution is 5.51. The number of aromatic nitrogens is 4. The van der Waals surface area contributed by atoms with Crippen molar-refractivity contribution in [1.82, 2.24) is 19.7 Å². The van der Waals surface area contributed by atoms with E-state index in [-0.39, 0.29) is 0 Å². The maximum atomic E-state index is 5.43. The smallest absolute Gasteiger partial charge is 0.143 e. The average Bonchev–Trinajstić information content (AvgIpc) is 3.03. The molecule has 0 radical (unpaired) electrons. The molecule has 0 fully saturated rings. The van der Waals surface area contributed by atoms with Crippen molar-refractivity contribution in [2.45, 2.75) is 6.42 Å². The third-order valence-corrected chi connectivity index (χ3v) is 3.38. The first-order chi connectivity index (χ1) is 10.8. The average molecular weight is 296 g/mol. The van der Waals surface area contributed by atoms with Gasteiger partial charge in [-0.2, -0.15) is 0 Å². The molecule has 0 saturated heterocycles. The standard InChI is InChI=1S/C16H16N4O2/c1-21-13-3-4-15(22-2)14(10-13)20-11-18-19-16(20)9-12-5-7-17-8-6-12/h3-8,10-11H,9H2,1-2H3. The Morgan fingerprint density at radius 2 is 1.86 bits per heavy atom. The molecule has 0 amide bonds. The SMILES string of the molecule is COc1ccc(OC)c(-n2cnnc2Cc2ccncc2)c1. The Bertz CT molecular complexity index is 756. The highest BCUT2D eigenvalue weighted by Crippen LogP contribution is 2.28. The maximum Gasteiger partial charge on any atom is 0.143 e. The number of nitrogens with zero attached hydrogens (tertiary/aromatic N) is 4. The van der Waals surface area contributed by atoms with Crippen LogP contribution in [0.2, 0.25) is 0 Å². The van der Waals surface area contributed by atoms with Gasteiger partial charge >= 0.3 is 0 Å². The Morgan fingerprint density at radius 3 is 2.59 bits per heavy atom. The van der Waals surface area contributed by atoms with Gasteiger partial charge in [-0.1, -0.05) is 0 Å². The highest BCUT2D eigenvalue weighted by atomic mass is 16.5. The highest BCUT2D eigenvalue weighted by Gasteiger charge is 2.13. The van der Waals surface area contributed by atoms with Crippen LogP contribution in [-0.4, -0.2) is 34.0 Å². The van der Waals surface area contributed by atoms with Crippen LogP contribution in [0.3, 0.4) is 0 Å². The van der Waals surface area contributed by atoms with Crippen LogP contribution in [-0.2, 0) is 6.42 Å². The molecule has 0 aliphatic carbocycles. The van der Waals surface area contributed by atoms with Crippen molar-refractivity contribution in [1.29, 1.82) is 0 Å². The van der Waals surface area contributed by atoms with Crippen molar-refractivity contribution in [3.8, 4) is 17.2 Å². The molecule has 0 saturated carbocycles. The van der Waals surface area contributed by atoms with E-state index in [1.807, 2.05) is 34.9 Å². The molecular weight excluding hydrogens is 280 g/mol. The summed E-state index contributed by atoms with van der Waals surface area (Å²) in [5.41, 5.74) is 1.96. The second kappa shape index (κ2) is 6.26. The fraction of sp³-hybridized carbons (Fsp3) is 0.188. The van der Waals surface area contributed by atoms with Gasteiger partial charge in [0.25, 0.3) is 0 Å². The van der Waals surface area contributed by atoms with E-state index in [0.29, 0.717) is 6.42 Å². The Morgan fingerprint density at radius 1 is 1.05 bits per heavy atom. The lowest BCUT2D eigenvalue weighted by Gasteiger charge is -2.12. The predicted octanol–water partition coefficient (Wildman–Crippen LogP) is 2.27. The van der Waals surface area contributed by atoms with Crippen molar-refractivity contribution >= 4 is 0 Å². The first kappa shape index (κ1) is 14.1. The molecule has 2 heterocycles. The monoisotopic (exact) mass is 296 g/mol. The van der Waals surface area contributed by atoms with Crippen molar-refractivity contribution < 1.29 is 9.47 Å². The minimum atomic E-state index is 0.656. The van der Waals surface area contributed by atoms with Gasteiger partial charge in [-0.25, -0.2) is 0 Å². The summed E-state index contributed by atoms with van der Waals surface area (Å²) in [6.45, 7) is 0. The Kier molecular flexibility index (Phi) is 4.00. The summed E-state index contributed by atoms with van der Waals surface area (Å²) in [6.07, 6.45) is 5.86. The van der Waals surface area contributed by atoms with Gasteiger partial charge in [0.05, 0.1) is 19.9 Å². The fourth-order valence-corrected chi connectivity index (χ4v) is 2.25. The van der Waals surface area contributed by atoms with Crippen molar-refractivity contribution in [3.05, 3.63) is 60.4 Å². The Hall–Kier alpha value is -2.89. The summed E-state index contributed by atoms with van der Waals surface area (Å²) >= 11 is 0. The number of ether oxygens (including phenoxy) is 2. The van der Waals surface area contributed by atoms with E-state index < -0.39 is 0 Å². The van der Waals surface area contributed by atoms with E-state index >= 15 is 0 Å². The molecule has 3 aromatic rings. The minimum absolute atomic E-state index is 0.656. The van der Waals surface area contributed by atoms with E-state index in [9.17, 15) is 0 Å². The summed E-state index contributed by atoms with van der Waals surface area (Å²) in [7, 11) is 3.27. The van der Waals surface area contributed by atoms with Crippen molar-refractivity contribution in [2.75, 3.05) is 14.2 Å². The Balaban J connectivity index is 2.01. The van der Waals surface area contributed by atoms with Crippen LogP contribution < -0.4 is 9.47 Å². The van der Waals surface area contributed by atoms with Gasteiger partial charge in [0.1, 0.15) is 23.7 Å². The number of benzene rings is 1. The van der Waals surface area contributed by atoms with Gasteiger partial charge in [-0.3, -0.25) is 9.55 Å². The molecule has 22 heavy (non-hydrogen) atoms. The summed E-state index contributed by atoms with van der Waals surface area (Å²) < 4.78 is 12.6. The summed E-state index contributed by atoms with van der Waals surface area (Å²) in [5, 5.41) is 8.24. The molecule has 2 aromatic heterocycles. The van der Waals surface area contributed by atoms with Gasteiger partial charge in [0.2, 0.25) is 0 Å². The third-order valence-electron chi connectivity index (χ3n) is 3.38. The molecule has 1 aromatic carbocycles. The number of hydrogen-bond acceptors (Lipinski definition) is 5. The van der Waals surface area contributed by atoms with Gasteiger partial charge in [-0.05, 0) is 29.8 Å². The largest absolute Gasteiger partial charge is 0.497 e. The zero-order chi connectivity index (χ0) is 15.4. The second-order valence-corrected chi connectivity index (χ2v) is 4.69. The molecule has 0 aliphatic heterocycles. The van der Waals surface area contributed by atoms with E-state index in [0.717, 1.165) is 28.6 Å². The molecule has 0 atom stereocenters.